The summed E-state index contributed by atoms with van der Waals surface area (Å²) >= 11 is 2.23. The molecular weight excluding hydrogens is 346 g/mol. The fourth-order valence-electron chi connectivity index (χ4n) is 1.50. The second kappa shape index (κ2) is 6.15. The third-order valence-electron chi connectivity index (χ3n) is 2.49. The van der Waals surface area contributed by atoms with Crippen LogP contribution in [0.25, 0.3) is 0 Å². The van der Waals surface area contributed by atoms with Crippen LogP contribution in [0.15, 0.2) is 42.5 Å². The average molecular weight is 358 g/mol. The van der Waals surface area contributed by atoms with E-state index in [1.807, 2.05) is 24.3 Å². The molecular formula is C14H12FIO2. The number of rotatable bonds is 4. The second-order valence-electron chi connectivity index (χ2n) is 3.84. The van der Waals surface area contributed by atoms with Gasteiger partial charge in [-0.15, -0.1) is 0 Å². The van der Waals surface area contributed by atoms with Crippen LogP contribution in [-0.4, -0.2) is 5.11 Å². The molecule has 0 amide bonds. The number of aliphatic hydroxyl groups excluding tert-OH is 1. The molecule has 0 aliphatic carbocycles. The monoisotopic (exact) mass is 358 g/mol. The van der Waals surface area contributed by atoms with Crippen molar-refractivity contribution >= 4 is 22.6 Å². The molecule has 18 heavy (non-hydrogen) atoms. The van der Waals surface area contributed by atoms with Gasteiger partial charge in [-0.3, -0.25) is 0 Å². The van der Waals surface area contributed by atoms with Crippen LogP contribution in [0, 0.1) is 9.39 Å². The van der Waals surface area contributed by atoms with E-state index in [0.717, 1.165) is 9.13 Å². The van der Waals surface area contributed by atoms with Crippen LogP contribution in [0.2, 0.25) is 0 Å². The van der Waals surface area contributed by atoms with E-state index in [0.29, 0.717) is 12.2 Å². The van der Waals surface area contributed by atoms with Crippen LogP contribution < -0.4 is 4.74 Å². The Morgan fingerprint density at radius 1 is 1.06 bits per heavy atom. The molecule has 0 saturated carbocycles. The Morgan fingerprint density at radius 3 is 2.33 bits per heavy atom. The summed E-state index contributed by atoms with van der Waals surface area (Å²) in [5, 5.41) is 8.88. The Labute approximate surface area is 119 Å². The van der Waals surface area contributed by atoms with Crippen molar-refractivity contribution in [1.29, 1.82) is 0 Å². The molecule has 2 aromatic carbocycles. The van der Waals surface area contributed by atoms with Crippen molar-refractivity contribution < 1.29 is 14.2 Å². The van der Waals surface area contributed by atoms with Gasteiger partial charge in [-0.2, -0.15) is 0 Å². The van der Waals surface area contributed by atoms with Crippen molar-refractivity contribution in [2.45, 2.75) is 13.2 Å². The van der Waals surface area contributed by atoms with E-state index in [4.69, 9.17) is 9.84 Å². The van der Waals surface area contributed by atoms with Gasteiger partial charge in [0.2, 0.25) is 0 Å². The van der Waals surface area contributed by atoms with E-state index < -0.39 is 5.82 Å². The van der Waals surface area contributed by atoms with Gasteiger partial charge in [0, 0.05) is 3.57 Å². The highest BCUT2D eigenvalue weighted by molar-refractivity contribution is 14.1. The highest BCUT2D eigenvalue weighted by Crippen LogP contribution is 2.20. The number of hydrogen-bond donors (Lipinski definition) is 1. The zero-order valence-electron chi connectivity index (χ0n) is 9.57. The largest absolute Gasteiger partial charge is 0.486 e. The number of aliphatic hydroxyl groups is 1. The number of benzene rings is 2. The summed E-state index contributed by atoms with van der Waals surface area (Å²) < 4.78 is 20.1. The van der Waals surface area contributed by atoms with E-state index in [9.17, 15) is 4.39 Å². The molecule has 2 aromatic rings. The maximum atomic E-state index is 13.6. The fourth-order valence-corrected chi connectivity index (χ4v) is 1.86. The molecule has 0 heterocycles. The molecule has 0 spiro atoms. The van der Waals surface area contributed by atoms with E-state index >= 15 is 0 Å². The lowest BCUT2D eigenvalue weighted by molar-refractivity contribution is 0.276. The van der Waals surface area contributed by atoms with Gasteiger partial charge < -0.3 is 9.84 Å². The molecule has 2 nitrogen and oxygen atoms in total. The zero-order valence-corrected chi connectivity index (χ0v) is 11.7. The minimum absolute atomic E-state index is 0.172. The molecule has 94 valence electrons. The van der Waals surface area contributed by atoms with Crippen LogP contribution in [-0.2, 0) is 13.2 Å². The van der Waals surface area contributed by atoms with Crippen LogP contribution in [0.4, 0.5) is 4.39 Å². The molecule has 0 unspecified atom stereocenters. The quantitative estimate of drug-likeness (QED) is 0.848. The zero-order chi connectivity index (χ0) is 13.0. The van der Waals surface area contributed by atoms with Crippen LogP contribution >= 0.6 is 22.6 Å². The topological polar surface area (TPSA) is 29.5 Å². The van der Waals surface area contributed by atoms with Gasteiger partial charge in [-0.25, -0.2) is 4.39 Å². The molecule has 0 aliphatic heterocycles. The predicted molar refractivity (Wildman–Crippen MR) is 75.8 cm³/mol. The van der Waals surface area contributed by atoms with E-state index in [-0.39, 0.29) is 12.4 Å². The molecule has 0 saturated heterocycles. The smallest absolute Gasteiger partial charge is 0.165 e. The van der Waals surface area contributed by atoms with E-state index in [1.165, 1.54) is 12.1 Å². The summed E-state index contributed by atoms with van der Waals surface area (Å²) in [6, 6.07) is 12.3. The normalized spacial score (nSPS) is 10.4. The van der Waals surface area contributed by atoms with Gasteiger partial charge >= 0.3 is 0 Å². The molecule has 0 aromatic heterocycles. The van der Waals surface area contributed by atoms with Crippen molar-refractivity contribution in [2.24, 2.45) is 0 Å². The molecule has 0 atom stereocenters. The summed E-state index contributed by atoms with van der Waals surface area (Å²) in [7, 11) is 0. The average Bonchev–Trinajstić information content (AvgIpc) is 2.39. The third kappa shape index (κ3) is 3.43. The minimum atomic E-state index is -0.452. The Balaban J connectivity index is 2.04. The van der Waals surface area contributed by atoms with Crippen LogP contribution in [0.1, 0.15) is 11.1 Å². The lowest BCUT2D eigenvalue weighted by Gasteiger charge is -2.08. The summed E-state index contributed by atoms with van der Waals surface area (Å²) in [5.41, 5.74) is 1.52. The summed E-state index contributed by atoms with van der Waals surface area (Å²) in [4.78, 5) is 0. The van der Waals surface area contributed by atoms with E-state index in [2.05, 4.69) is 22.6 Å². The highest BCUT2D eigenvalue weighted by atomic mass is 127. The van der Waals surface area contributed by atoms with Gasteiger partial charge in [0.25, 0.3) is 0 Å². The molecule has 1 N–H and O–H groups in total. The van der Waals surface area contributed by atoms with Crippen molar-refractivity contribution in [3.8, 4) is 5.75 Å². The lowest BCUT2D eigenvalue weighted by Crippen LogP contribution is -1.98. The maximum absolute atomic E-state index is 13.6. The first-order valence-electron chi connectivity index (χ1n) is 5.45. The fraction of sp³-hybridized carbons (Fsp3) is 0.143. The SMILES string of the molecule is OCc1ccc(OCc2ccc(I)cc2)c(F)c1. The summed E-state index contributed by atoms with van der Waals surface area (Å²) in [6.07, 6.45) is 0. The maximum Gasteiger partial charge on any atom is 0.165 e. The number of halogens is 2. The third-order valence-corrected chi connectivity index (χ3v) is 3.21. The van der Waals surface area contributed by atoms with E-state index in [1.54, 1.807) is 6.07 Å². The lowest BCUT2D eigenvalue weighted by atomic mass is 10.2. The molecule has 0 radical (unpaired) electrons. The Morgan fingerprint density at radius 2 is 1.72 bits per heavy atom. The molecule has 0 bridgehead atoms. The molecule has 0 fully saturated rings. The Bertz CT molecular complexity index is 526. The highest BCUT2D eigenvalue weighted by Gasteiger charge is 2.04. The number of hydrogen-bond acceptors (Lipinski definition) is 2. The molecule has 0 aliphatic rings. The van der Waals surface area contributed by atoms with Gasteiger partial charge in [0.1, 0.15) is 6.61 Å². The number of ether oxygens (including phenoxy) is 1. The van der Waals surface area contributed by atoms with Crippen molar-refractivity contribution in [3.05, 3.63) is 63.0 Å². The van der Waals surface area contributed by atoms with Crippen LogP contribution in [0.5, 0.6) is 5.75 Å². The predicted octanol–water partition coefficient (Wildman–Crippen LogP) is 3.50. The summed E-state index contributed by atoms with van der Waals surface area (Å²) in [6.45, 7) is 0.153. The Hall–Kier alpha value is -1.14. The minimum Gasteiger partial charge on any atom is -0.486 e. The first kappa shape index (κ1) is 13.3. The first-order chi connectivity index (χ1) is 8.69. The van der Waals surface area contributed by atoms with Crippen LogP contribution in [0.3, 0.4) is 0 Å². The van der Waals surface area contributed by atoms with Gasteiger partial charge in [0.05, 0.1) is 6.61 Å². The second-order valence-corrected chi connectivity index (χ2v) is 5.08. The van der Waals surface area contributed by atoms with Crippen molar-refractivity contribution in [1.82, 2.24) is 0 Å². The van der Waals surface area contributed by atoms with Gasteiger partial charge in [-0.05, 0) is 58.0 Å². The Kier molecular flexibility index (Phi) is 4.54. The van der Waals surface area contributed by atoms with Gasteiger partial charge in [-0.1, -0.05) is 18.2 Å². The van der Waals surface area contributed by atoms with Crippen molar-refractivity contribution in [3.63, 3.8) is 0 Å². The van der Waals surface area contributed by atoms with Crippen molar-refractivity contribution in [2.75, 3.05) is 0 Å². The molecule has 4 heteroatoms. The standard InChI is InChI=1S/C14H12FIO2/c15-13-7-11(8-17)3-6-14(13)18-9-10-1-4-12(16)5-2-10/h1-7,17H,8-9H2. The first-order valence-corrected chi connectivity index (χ1v) is 6.53. The molecule has 2 rings (SSSR count). The van der Waals surface area contributed by atoms with Gasteiger partial charge in [0.15, 0.2) is 11.6 Å². The summed E-state index contributed by atoms with van der Waals surface area (Å²) in [5.74, 6) is -0.252.